The first-order chi connectivity index (χ1) is 6.86. The Labute approximate surface area is 86.6 Å². The van der Waals surface area contributed by atoms with E-state index < -0.39 is 0 Å². The molecule has 2 aliphatic rings. The van der Waals surface area contributed by atoms with E-state index in [1.165, 1.54) is 45.2 Å². The van der Waals surface area contributed by atoms with E-state index in [0.717, 1.165) is 25.5 Å². The molecule has 2 heterocycles. The predicted molar refractivity (Wildman–Crippen MR) is 58.8 cm³/mol. The van der Waals surface area contributed by atoms with Gasteiger partial charge in [0.1, 0.15) is 5.84 Å². The van der Waals surface area contributed by atoms with Gasteiger partial charge in [-0.05, 0) is 45.2 Å². The van der Waals surface area contributed by atoms with Crippen LogP contribution in [0.25, 0.3) is 0 Å². The molecule has 0 bridgehead atoms. The molecule has 3 heteroatoms. The number of nitrogens with one attached hydrogen (secondary N) is 1. The summed E-state index contributed by atoms with van der Waals surface area (Å²) < 4.78 is 0. The second kappa shape index (κ2) is 4.78. The molecular formula is C11H21N3. The Bertz CT molecular complexity index is 191. The third-order valence-corrected chi connectivity index (χ3v) is 3.31. The van der Waals surface area contributed by atoms with Gasteiger partial charge < -0.3 is 4.90 Å². The first kappa shape index (κ1) is 9.97. The Morgan fingerprint density at radius 2 is 1.43 bits per heavy atom. The van der Waals surface area contributed by atoms with Crippen LogP contribution in [0.1, 0.15) is 32.1 Å². The number of amidine groups is 1. The summed E-state index contributed by atoms with van der Waals surface area (Å²) in [5.74, 6) is 0.853. The van der Waals surface area contributed by atoms with Crippen LogP contribution in [0.2, 0.25) is 0 Å². The molecule has 0 aromatic carbocycles. The van der Waals surface area contributed by atoms with Crippen molar-refractivity contribution in [2.24, 2.45) is 0 Å². The standard InChI is InChI=1S/C11H21N3/c12-11(10-13-6-4-5-7-13)14-8-2-1-3-9-14/h12H,1-10H2. The molecule has 2 fully saturated rings. The average molecular weight is 195 g/mol. The van der Waals surface area contributed by atoms with E-state index in [-0.39, 0.29) is 0 Å². The minimum atomic E-state index is 0.853. The van der Waals surface area contributed by atoms with Gasteiger partial charge >= 0.3 is 0 Å². The molecule has 0 spiro atoms. The van der Waals surface area contributed by atoms with Gasteiger partial charge in [-0.3, -0.25) is 10.3 Å². The molecule has 2 saturated heterocycles. The van der Waals surface area contributed by atoms with Crippen molar-refractivity contribution in [1.82, 2.24) is 9.80 Å². The molecule has 0 amide bonds. The van der Waals surface area contributed by atoms with E-state index >= 15 is 0 Å². The van der Waals surface area contributed by atoms with Crippen LogP contribution < -0.4 is 0 Å². The van der Waals surface area contributed by atoms with Crippen LogP contribution in [0.5, 0.6) is 0 Å². The van der Waals surface area contributed by atoms with Crippen molar-refractivity contribution in [3.8, 4) is 0 Å². The van der Waals surface area contributed by atoms with Gasteiger partial charge in [-0.25, -0.2) is 0 Å². The summed E-state index contributed by atoms with van der Waals surface area (Å²) in [6.45, 7) is 5.53. The maximum Gasteiger partial charge on any atom is 0.110 e. The molecule has 0 radical (unpaired) electrons. The molecule has 1 N–H and O–H groups in total. The predicted octanol–water partition coefficient (Wildman–Crippen LogP) is 1.55. The third kappa shape index (κ3) is 2.47. The minimum Gasteiger partial charge on any atom is -0.359 e. The molecule has 0 atom stereocenters. The molecule has 0 saturated carbocycles. The van der Waals surface area contributed by atoms with Crippen LogP contribution in [0.15, 0.2) is 0 Å². The SMILES string of the molecule is N=C(CN1CCCC1)N1CCCCC1. The fourth-order valence-electron chi connectivity index (χ4n) is 2.42. The van der Waals surface area contributed by atoms with E-state index in [9.17, 15) is 0 Å². The summed E-state index contributed by atoms with van der Waals surface area (Å²) in [5.41, 5.74) is 0. The van der Waals surface area contributed by atoms with Gasteiger partial charge in [-0.2, -0.15) is 0 Å². The molecule has 0 unspecified atom stereocenters. The molecule has 14 heavy (non-hydrogen) atoms. The van der Waals surface area contributed by atoms with Crippen molar-refractivity contribution in [1.29, 1.82) is 5.41 Å². The van der Waals surface area contributed by atoms with E-state index in [2.05, 4.69) is 9.80 Å². The summed E-state index contributed by atoms with van der Waals surface area (Å²) in [5, 5.41) is 8.03. The fourth-order valence-corrected chi connectivity index (χ4v) is 2.42. The Hall–Kier alpha value is -0.570. The van der Waals surface area contributed by atoms with Crippen LogP contribution in [0.4, 0.5) is 0 Å². The maximum absolute atomic E-state index is 8.03. The quantitative estimate of drug-likeness (QED) is 0.535. The van der Waals surface area contributed by atoms with Gasteiger partial charge in [0.15, 0.2) is 0 Å². The van der Waals surface area contributed by atoms with Gasteiger partial charge in [-0.1, -0.05) is 0 Å². The van der Waals surface area contributed by atoms with Crippen molar-refractivity contribution in [2.45, 2.75) is 32.1 Å². The number of likely N-dealkylation sites (tertiary alicyclic amines) is 2. The minimum absolute atomic E-state index is 0.853. The second-order valence-corrected chi connectivity index (χ2v) is 4.48. The fraction of sp³-hybridized carbons (Fsp3) is 0.909. The van der Waals surface area contributed by atoms with Crippen molar-refractivity contribution in [3.05, 3.63) is 0 Å². The number of rotatable bonds is 2. The molecule has 3 nitrogen and oxygen atoms in total. The summed E-state index contributed by atoms with van der Waals surface area (Å²) in [4.78, 5) is 4.68. The molecule has 2 aliphatic heterocycles. The monoisotopic (exact) mass is 195 g/mol. The second-order valence-electron chi connectivity index (χ2n) is 4.48. The first-order valence-electron chi connectivity index (χ1n) is 5.91. The van der Waals surface area contributed by atoms with E-state index in [0.29, 0.717) is 0 Å². The van der Waals surface area contributed by atoms with Crippen molar-refractivity contribution in [2.75, 3.05) is 32.7 Å². The van der Waals surface area contributed by atoms with Gasteiger partial charge in [-0.15, -0.1) is 0 Å². The zero-order chi connectivity index (χ0) is 9.80. The van der Waals surface area contributed by atoms with Crippen LogP contribution in [0, 0.1) is 5.41 Å². The molecule has 2 rings (SSSR count). The Balaban J connectivity index is 1.75. The smallest absolute Gasteiger partial charge is 0.110 e. The Morgan fingerprint density at radius 3 is 2.07 bits per heavy atom. The third-order valence-electron chi connectivity index (χ3n) is 3.31. The maximum atomic E-state index is 8.03. The van der Waals surface area contributed by atoms with E-state index in [1.54, 1.807) is 0 Å². The van der Waals surface area contributed by atoms with Gasteiger partial charge in [0.25, 0.3) is 0 Å². The normalized spacial score (nSPS) is 24.1. The molecular weight excluding hydrogens is 174 g/mol. The number of nitrogens with zero attached hydrogens (tertiary/aromatic N) is 2. The highest BCUT2D eigenvalue weighted by Gasteiger charge is 2.18. The lowest BCUT2D eigenvalue weighted by Crippen LogP contribution is -2.41. The molecule has 80 valence electrons. The highest BCUT2D eigenvalue weighted by molar-refractivity contribution is 5.81. The molecule has 0 aromatic rings. The lowest BCUT2D eigenvalue weighted by molar-refractivity contribution is 0.309. The summed E-state index contributed by atoms with van der Waals surface area (Å²) in [7, 11) is 0. The highest BCUT2D eigenvalue weighted by Crippen LogP contribution is 2.11. The van der Waals surface area contributed by atoms with E-state index in [4.69, 9.17) is 5.41 Å². The van der Waals surface area contributed by atoms with Crippen LogP contribution >= 0.6 is 0 Å². The Kier molecular flexibility index (Phi) is 3.40. The zero-order valence-electron chi connectivity index (χ0n) is 8.97. The van der Waals surface area contributed by atoms with Crippen LogP contribution in [-0.2, 0) is 0 Å². The van der Waals surface area contributed by atoms with Crippen molar-refractivity contribution < 1.29 is 0 Å². The van der Waals surface area contributed by atoms with Crippen molar-refractivity contribution in [3.63, 3.8) is 0 Å². The number of hydrogen-bond donors (Lipinski definition) is 1. The summed E-state index contributed by atoms with van der Waals surface area (Å²) in [6, 6.07) is 0. The zero-order valence-corrected chi connectivity index (χ0v) is 8.97. The number of hydrogen-bond acceptors (Lipinski definition) is 2. The van der Waals surface area contributed by atoms with Crippen LogP contribution in [-0.4, -0.2) is 48.4 Å². The summed E-state index contributed by atoms with van der Waals surface area (Å²) >= 11 is 0. The van der Waals surface area contributed by atoms with Crippen molar-refractivity contribution >= 4 is 5.84 Å². The highest BCUT2D eigenvalue weighted by atomic mass is 15.2. The lowest BCUT2D eigenvalue weighted by Gasteiger charge is -2.30. The van der Waals surface area contributed by atoms with Gasteiger partial charge in [0, 0.05) is 13.1 Å². The molecule has 0 aromatic heterocycles. The first-order valence-corrected chi connectivity index (χ1v) is 5.91. The van der Waals surface area contributed by atoms with Gasteiger partial charge in [0.2, 0.25) is 0 Å². The molecule has 0 aliphatic carbocycles. The topological polar surface area (TPSA) is 30.3 Å². The summed E-state index contributed by atoms with van der Waals surface area (Å²) in [6.07, 6.45) is 6.57. The van der Waals surface area contributed by atoms with Crippen LogP contribution in [0.3, 0.4) is 0 Å². The van der Waals surface area contributed by atoms with Gasteiger partial charge in [0.05, 0.1) is 6.54 Å². The average Bonchev–Trinajstić information content (AvgIpc) is 2.72. The Morgan fingerprint density at radius 1 is 0.857 bits per heavy atom. The lowest BCUT2D eigenvalue weighted by atomic mass is 10.1. The largest absolute Gasteiger partial charge is 0.359 e. The van der Waals surface area contributed by atoms with E-state index in [1.807, 2.05) is 0 Å². The number of piperidine rings is 1.